The third-order valence-corrected chi connectivity index (χ3v) is 3.34. The molecule has 0 saturated heterocycles. The molecule has 0 heterocycles. The molecule has 5 nitrogen and oxygen atoms in total. The Balaban J connectivity index is 1.85. The van der Waals surface area contributed by atoms with Crippen molar-refractivity contribution in [3.63, 3.8) is 0 Å². The van der Waals surface area contributed by atoms with Gasteiger partial charge in [0.05, 0.1) is 17.9 Å². The molecule has 2 rings (SSSR count). The van der Waals surface area contributed by atoms with E-state index >= 15 is 0 Å². The number of nitrogens with one attached hydrogen (secondary N) is 1. The van der Waals surface area contributed by atoms with Crippen molar-refractivity contribution in [1.82, 2.24) is 0 Å². The van der Waals surface area contributed by atoms with Crippen molar-refractivity contribution in [2.75, 3.05) is 18.5 Å². The largest absolute Gasteiger partial charge is 0.494 e. The lowest BCUT2D eigenvalue weighted by Crippen LogP contribution is -2.21. The normalized spacial score (nSPS) is 10.2. The summed E-state index contributed by atoms with van der Waals surface area (Å²) in [6, 6.07) is 10.2. The minimum atomic E-state index is -0.671. The molecule has 0 radical (unpaired) electrons. The maximum atomic E-state index is 13.6. The number of esters is 1. The first-order valence-corrected chi connectivity index (χ1v) is 8.02. The average molecular weight is 366 g/mol. The fourth-order valence-electron chi connectivity index (χ4n) is 1.90. The molecular weight excluding hydrogens is 349 g/mol. The number of ether oxygens (including phenoxy) is 2. The quantitative estimate of drug-likeness (QED) is 0.751. The van der Waals surface area contributed by atoms with E-state index in [1.54, 1.807) is 24.3 Å². The minimum Gasteiger partial charge on any atom is -0.494 e. The molecule has 1 N–H and O–H groups in total. The number of carbonyl (C=O) groups is 2. The summed E-state index contributed by atoms with van der Waals surface area (Å²) in [7, 11) is 0. The summed E-state index contributed by atoms with van der Waals surface area (Å²) in [6.45, 7) is 2.05. The van der Waals surface area contributed by atoms with Crippen LogP contribution in [0.3, 0.4) is 0 Å². The van der Waals surface area contributed by atoms with Crippen LogP contribution in [0, 0.1) is 5.82 Å². The van der Waals surface area contributed by atoms with E-state index in [0.717, 1.165) is 12.5 Å². The molecule has 0 aliphatic carbocycles. The lowest BCUT2D eigenvalue weighted by Gasteiger charge is -2.08. The molecule has 7 heteroatoms. The Morgan fingerprint density at radius 3 is 2.52 bits per heavy atom. The van der Waals surface area contributed by atoms with Crippen LogP contribution >= 0.6 is 11.6 Å². The van der Waals surface area contributed by atoms with Gasteiger partial charge in [-0.2, -0.15) is 0 Å². The molecule has 1 amide bonds. The molecule has 0 aliphatic rings. The van der Waals surface area contributed by atoms with Gasteiger partial charge in [0.2, 0.25) is 0 Å². The highest BCUT2D eigenvalue weighted by Crippen LogP contribution is 2.19. The standard InChI is InChI=1S/C18H17ClFNO4/c1-2-9-24-14-6-3-12(4-7-14)18(23)25-11-17(22)21-16-8-5-13(19)10-15(16)20/h3-8,10H,2,9,11H2,1H3,(H,21,22). The minimum absolute atomic E-state index is 0.0390. The van der Waals surface area contributed by atoms with E-state index < -0.39 is 24.3 Å². The molecule has 0 fully saturated rings. The predicted octanol–water partition coefficient (Wildman–Crippen LogP) is 4.06. The van der Waals surface area contributed by atoms with Gasteiger partial charge >= 0.3 is 5.97 Å². The molecular formula is C18H17ClFNO4. The van der Waals surface area contributed by atoms with E-state index in [1.807, 2.05) is 6.92 Å². The van der Waals surface area contributed by atoms with Gasteiger partial charge in [-0.25, -0.2) is 9.18 Å². The zero-order valence-corrected chi connectivity index (χ0v) is 14.3. The summed E-state index contributed by atoms with van der Waals surface area (Å²) in [6.07, 6.45) is 0.882. The average Bonchev–Trinajstić information content (AvgIpc) is 2.60. The first kappa shape index (κ1) is 18.7. The maximum absolute atomic E-state index is 13.6. The molecule has 2 aromatic rings. The van der Waals surface area contributed by atoms with E-state index in [4.69, 9.17) is 21.1 Å². The molecule has 0 bridgehead atoms. The zero-order valence-electron chi connectivity index (χ0n) is 13.6. The van der Waals surface area contributed by atoms with Crippen LogP contribution in [0.25, 0.3) is 0 Å². The summed E-state index contributed by atoms with van der Waals surface area (Å²) in [5, 5.41) is 2.52. The highest BCUT2D eigenvalue weighted by molar-refractivity contribution is 6.30. The van der Waals surface area contributed by atoms with Crippen LogP contribution in [0.2, 0.25) is 5.02 Å². The monoisotopic (exact) mass is 365 g/mol. The van der Waals surface area contributed by atoms with Crippen molar-refractivity contribution < 1.29 is 23.5 Å². The van der Waals surface area contributed by atoms with E-state index in [0.29, 0.717) is 12.4 Å². The van der Waals surface area contributed by atoms with Gasteiger partial charge in [0.25, 0.3) is 5.91 Å². The number of hydrogen-bond acceptors (Lipinski definition) is 4. The SMILES string of the molecule is CCCOc1ccc(C(=O)OCC(=O)Nc2ccc(Cl)cc2F)cc1. The van der Waals surface area contributed by atoms with E-state index in [1.165, 1.54) is 12.1 Å². The highest BCUT2D eigenvalue weighted by atomic mass is 35.5. The smallest absolute Gasteiger partial charge is 0.338 e. The van der Waals surface area contributed by atoms with Crippen molar-refractivity contribution >= 4 is 29.2 Å². The van der Waals surface area contributed by atoms with Gasteiger partial charge in [-0.3, -0.25) is 4.79 Å². The molecule has 2 aromatic carbocycles. The summed E-state index contributed by atoms with van der Waals surface area (Å²) >= 11 is 5.63. The summed E-state index contributed by atoms with van der Waals surface area (Å²) in [5.74, 6) is -1.34. The third kappa shape index (κ3) is 5.76. The number of carbonyl (C=O) groups excluding carboxylic acids is 2. The molecule has 0 aliphatic heterocycles. The highest BCUT2D eigenvalue weighted by Gasteiger charge is 2.12. The van der Waals surface area contributed by atoms with Crippen molar-refractivity contribution in [2.24, 2.45) is 0 Å². The second-order valence-electron chi connectivity index (χ2n) is 5.12. The van der Waals surface area contributed by atoms with Gasteiger partial charge in [0, 0.05) is 5.02 Å². The van der Waals surface area contributed by atoms with E-state index in [2.05, 4.69) is 5.32 Å². The van der Waals surface area contributed by atoms with Crippen molar-refractivity contribution in [3.05, 3.63) is 58.9 Å². The number of halogens is 2. The first-order chi connectivity index (χ1) is 12.0. The van der Waals surface area contributed by atoms with Crippen LogP contribution in [0.4, 0.5) is 10.1 Å². The predicted molar refractivity (Wildman–Crippen MR) is 92.6 cm³/mol. The third-order valence-electron chi connectivity index (χ3n) is 3.10. The Kier molecular flexibility index (Phi) is 6.77. The Morgan fingerprint density at radius 1 is 1.16 bits per heavy atom. The van der Waals surface area contributed by atoms with Gasteiger partial charge in [-0.15, -0.1) is 0 Å². The topological polar surface area (TPSA) is 64.6 Å². The van der Waals surface area contributed by atoms with Gasteiger partial charge in [-0.1, -0.05) is 18.5 Å². The molecule has 0 saturated carbocycles. The lowest BCUT2D eigenvalue weighted by molar-refractivity contribution is -0.119. The zero-order chi connectivity index (χ0) is 18.2. The lowest BCUT2D eigenvalue weighted by atomic mass is 10.2. The first-order valence-electron chi connectivity index (χ1n) is 7.64. The van der Waals surface area contributed by atoms with E-state index in [-0.39, 0.29) is 16.3 Å². The molecule has 0 aromatic heterocycles. The maximum Gasteiger partial charge on any atom is 0.338 e. The molecule has 25 heavy (non-hydrogen) atoms. The Morgan fingerprint density at radius 2 is 1.88 bits per heavy atom. The Bertz CT molecular complexity index is 749. The van der Waals surface area contributed by atoms with Crippen LogP contribution < -0.4 is 10.1 Å². The molecule has 0 spiro atoms. The van der Waals surface area contributed by atoms with Gasteiger partial charge in [0.15, 0.2) is 6.61 Å². The number of hydrogen-bond donors (Lipinski definition) is 1. The van der Waals surface area contributed by atoms with Gasteiger partial charge in [0.1, 0.15) is 11.6 Å². The summed E-state index contributed by atoms with van der Waals surface area (Å²) in [5.41, 5.74) is 0.247. The van der Waals surface area contributed by atoms with E-state index in [9.17, 15) is 14.0 Å². The number of anilines is 1. The second-order valence-corrected chi connectivity index (χ2v) is 5.56. The number of benzene rings is 2. The van der Waals surface area contributed by atoms with Crippen molar-refractivity contribution in [3.8, 4) is 5.75 Å². The fourth-order valence-corrected chi connectivity index (χ4v) is 2.06. The van der Waals surface area contributed by atoms with Crippen molar-refractivity contribution in [1.29, 1.82) is 0 Å². The Hall–Kier alpha value is -2.60. The van der Waals surface area contributed by atoms with Crippen LogP contribution in [-0.2, 0) is 9.53 Å². The van der Waals surface area contributed by atoms with Gasteiger partial charge in [-0.05, 0) is 48.9 Å². The van der Waals surface area contributed by atoms with Gasteiger partial charge < -0.3 is 14.8 Å². The van der Waals surface area contributed by atoms with Crippen LogP contribution in [0.1, 0.15) is 23.7 Å². The number of amides is 1. The summed E-state index contributed by atoms with van der Waals surface area (Å²) in [4.78, 5) is 23.7. The molecule has 0 atom stereocenters. The summed E-state index contributed by atoms with van der Waals surface area (Å²) < 4.78 is 23.9. The molecule has 0 unspecified atom stereocenters. The second kappa shape index (κ2) is 9.03. The van der Waals surface area contributed by atoms with Crippen LogP contribution in [-0.4, -0.2) is 25.1 Å². The fraction of sp³-hybridized carbons (Fsp3) is 0.222. The van der Waals surface area contributed by atoms with Crippen molar-refractivity contribution in [2.45, 2.75) is 13.3 Å². The molecule has 132 valence electrons. The Labute approximate surface area is 149 Å². The number of rotatable bonds is 7. The van der Waals surface area contributed by atoms with Crippen LogP contribution in [0.15, 0.2) is 42.5 Å². The van der Waals surface area contributed by atoms with Crippen LogP contribution in [0.5, 0.6) is 5.75 Å².